The van der Waals surface area contributed by atoms with Crippen molar-refractivity contribution < 1.29 is 9.90 Å². The maximum atomic E-state index is 11.5. The highest BCUT2D eigenvalue weighted by Gasteiger charge is 2.30. The lowest BCUT2D eigenvalue weighted by atomic mass is 9.84. The molecule has 0 amide bonds. The third-order valence-corrected chi connectivity index (χ3v) is 3.85. The van der Waals surface area contributed by atoms with Crippen LogP contribution in [0.2, 0.25) is 0 Å². The molecule has 0 atom stereocenters. The van der Waals surface area contributed by atoms with Crippen LogP contribution < -0.4 is 4.90 Å². The van der Waals surface area contributed by atoms with Crippen LogP contribution in [0, 0.1) is 19.3 Å². The summed E-state index contributed by atoms with van der Waals surface area (Å²) >= 11 is 0. The van der Waals surface area contributed by atoms with E-state index < -0.39 is 5.97 Å². The molecule has 0 saturated carbocycles. The Balaban J connectivity index is 2.45. The Hall–Kier alpha value is -1.65. The van der Waals surface area contributed by atoms with E-state index in [0.717, 1.165) is 25.9 Å². The minimum absolute atomic E-state index is 0.189. The van der Waals surface area contributed by atoms with Gasteiger partial charge in [-0.15, -0.1) is 5.10 Å². The number of hydrogen-bond donors (Lipinski definition) is 1. The lowest BCUT2D eigenvalue weighted by molar-refractivity contribution is 0.0695. The topological polar surface area (TPSA) is 66.3 Å². The average molecular weight is 263 g/mol. The number of aryl methyl sites for hydroxylation is 1. The van der Waals surface area contributed by atoms with E-state index in [1.54, 1.807) is 13.8 Å². The van der Waals surface area contributed by atoms with E-state index in [-0.39, 0.29) is 5.41 Å². The number of carboxylic acid groups (broad SMARTS) is 1. The van der Waals surface area contributed by atoms with Crippen molar-refractivity contribution in [1.29, 1.82) is 0 Å². The number of rotatable bonds is 2. The molecule has 0 spiro atoms. The predicted molar refractivity (Wildman–Crippen MR) is 73.7 cm³/mol. The van der Waals surface area contributed by atoms with Crippen LogP contribution in [0.5, 0.6) is 0 Å². The quantitative estimate of drug-likeness (QED) is 0.887. The molecule has 1 aromatic rings. The van der Waals surface area contributed by atoms with Gasteiger partial charge in [-0.3, -0.25) is 0 Å². The first-order valence-corrected chi connectivity index (χ1v) is 6.64. The van der Waals surface area contributed by atoms with Gasteiger partial charge in [0, 0.05) is 13.1 Å². The Morgan fingerprint density at radius 2 is 2.00 bits per heavy atom. The first-order valence-electron chi connectivity index (χ1n) is 6.64. The Labute approximate surface area is 113 Å². The summed E-state index contributed by atoms with van der Waals surface area (Å²) in [6.07, 6.45) is 2.21. The van der Waals surface area contributed by atoms with Crippen LogP contribution in [0.1, 0.15) is 48.3 Å². The fourth-order valence-corrected chi connectivity index (χ4v) is 2.68. The zero-order valence-electron chi connectivity index (χ0n) is 12.0. The van der Waals surface area contributed by atoms with Crippen molar-refractivity contribution in [2.45, 2.75) is 40.5 Å². The summed E-state index contributed by atoms with van der Waals surface area (Å²) in [6.45, 7) is 9.66. The number of anilines is 1. The number of hydrogen-bond acceptors (Lipinski definition) is 4. The van der Waals surface area contributed by atoms with E-state index in [1.165, 1.54) is 0 Å². The van der Waals surface area contributed by atoms with Crippen LogP contribution in [0.15, 0.2) is 0 Å². The fraction of sp³-hybridized carbons (Fsp3) is 0.643. The fourth-order valence-electron chi connectivity index (χ4n) is 2.68. The van der Waals surface area contributed by atoms with Gasteiger partial charge in [-0.1, -0.05) is 13.8 Å². The molecule has 0 bridgehead atoms. The maximum absolute atomic E-state index is 11.5. The third kappa shape index (κ3) is 2.69. The Morgan fingerprint density at radius 1 is 1.32 bits per heavy atom. The summed E-state index contributed by atoms with van der Waals surface area (Å²) < 4.78 is 0. The van der Waals surface area contributed by atoms with Crippen LogP contribution in [-0.2, 0) is 0 Å². The number of carboxylic acids is 1. The molecule has 2 rings (SSSR count). The zero-order valence-corrected chi connectivity index (χ0v) is 12.0. The first-order chi connectivity index (χ1) is 8.82. The molecule has 1 aromatic heterocycles. The van der Waals surface area contributed by atoms with E-state index in [9.17, 15) is 9.90 Å². The van der Waals surface area contributed by atoms with Crippen LogP contribution in [0.25, 0.3) is 0 Å². The normalized spacial score (nSPS) is 18.4. The van der Waals surface area contributed by atoms with Crippen LogP contribution in [-0.4, -0.2) is 34.4 Å². The van der Waals surface area contributed by atoms with Crippen molar-refractivity contribution in [2.75, 3.05) is 18.0 Å². The molecule has 1 fully saturated rings. The van der Waals surface area contributed by atoms with E-state index in [1.807, 2.05) is 0 Å². The lowest BCUT2D eigenvalue weighted by Crippen LogP contribution is -2.41. The molecule has 1 N–H and O–H groups in total. The molecule has 0 aliphatic carbocycles. The molecule has 0 unspecified atom stereocenters. The summed E-state index contributed by atoms with van der Waals surface area (Å²) in [4.78, 5) is 13.6. The van der Waals surface area contributed by atoms with Crippen molar-refractivity contribution in [3.63, 3.8) is 0 Å². The predicted octanol–water partition coefficient (Wildman–Crippen LogP) is 2.42. The van der Waals surface area contributed by atoms with E-state index >= 15 is 0 Å². The minimum Gasteiger partial charge on any atom is -0.478 e. The van der Waals surface area contributed by atoms with Crippen molar-refractivity contribution in [1.82, 2.24) is 10.2 Å². The second kappa shape index (κ2) is 4.79. The lowest BCUT2D eigenvalue weighted by Gasteiger charge is -2.39. The molecule has 19 heavy (non-hydrogen) atoms. The van der Waals surface area contributed by atoms with Crippen molar-refractivity contribution >= 4 is 11.8 Å². The molecule has 104 valence electrons. The highest BCUT2D eigenvalue weighted by molar-refractivity contribution is 5.95. The van der Waals surface area contributed by atoms with Gasteiger partial charge in [-0.2, -0.15) is 5.10 Å². The van der Waals surface area contributed by atoms with Gasteiger partial charge in [-0.25, -0.2) is 4.79 Å². The number of carbonyl (C=O) groups is 1. The van der Waals surface area contributed by atoms with Crippen molar-refractivity contribution in [3.8, 4) is 0 Å². The van der Waals surface area contributed by atoms with E-state index in [2.05, 4.69) is 28.9 Å². The highest BCUT2D eigenvalue weighted by Crippen LogP contribution is 2.32. The molecule has 0 radical (unpaired) electrons. The van der Waals surface area contributed by atoms with Crippen LogP contribution in [0.4, 0.5) is 5.82 Å². The first kappa shape index (κ1) is 13.8. The summed E-state index contributed by atoms with van der Waals surface area (Å²) in [7, 11) is 0. The third-order valence-electron chi connectivity index (χ3n) is 3.85. The summed E-state index contributed by atoms with van der Waals surface area (Å²) in [6, 6.07) is 0. The van der Waals surface area contributed by atoms with Gasteiger partial charge >= 0.3 is 5.97 Å². The molecular weight excluding hydrogens is 242 g/mol. The Morgan fingerprint density at radius 3 is 2.58 bits per heavy atom. The van der Waals surface area contributed by atoms with E-state index in [0.29, 0.717) is 22.6 Å². The zero-order chi connectivity index (χ0) is 14.2. The molecule has 1 aliphatic rings. The molecule has 1 saturated heterocycles. The molecular formula is C14H21N3O2. The van der Waals surface area contributed by atoms with Crippen molar-refractivity contribution in [2.24, 2.45) is 5.41 Å². The Bertz CT molecular complexity index is 512. The molecule has 1 aliphatic heterocycles. The van der Waals surface area contributed by atoms with Gasteiger partial charge < -0.3 is 10.0 Å². The van der Waals surface area contributed by atoms with Crippen LogP contribution >= 0.6 is 0 Å². The SMILES string of the molecule is Cc1nnc(N2CCCC(C)(C)C2)c(C(=O)O)c1C. The second-order valence-corrected chi connectivity index (χ2v) is 6.10. The largest absolute Gasteiger partial charge is 0.478 e. The Kier molecular flexibility index (Phi) is 3.47. The van der Waals surface area contributed by atoms with Gasteiger partial charge in [0.25, 0.3) is 0 Å². The minimum atomic E-state index is -0.922. The monoisotopic (exact) mass is 263 g/mol. The maximum Gasteiger partial charge on any atom is 0.339 e. The summed E-state index contributed by atoms with van der Waals surface area (Å²) in [5.74, 6) is -0.405. The van der Waals surface area contributed by atoms with Gasteiger partial charge in [0.1, 0.15) is 5.56 Å². The molecule has 0 aromatic carbocycles. The summed E-state index contributed by atoms with van der Waals surface area (Å²) in [5.41, 5.74) is 1.87. The number of aromatic carboxylic acids is 1. The van der Waals surface area contributed by atoms with Gasteiger partial charge in [0.05, 0.1) is 5.69 Å². The number of aromatic nitrogens is 2. The number of piperidine rings is 1. The molecule has 2 heterocycles. The second-order valence-electron chi connectivity index (χ2n) is 6.10. The number of nitrogens with zero attached hydrogens (tertiary/aromatic N) is 3. The van der Waals surface area contributed by atoms with Gasteiger partial charge in [0.2, 0.25) is 0 Å². The van der Waals surface area contributed by atoms with Gasteiger partial charge in [0.15, 0.2) is 5.82 Å². The summed E-state index contributed by atoms with van der Waals surface area (Å²) in [5, 5.41) is 17.7. The highest BCUT2D eigenvalue weighted by atomic mass is 16.4. The van der Waals surface area contributed by atoms with E-state index in [4.69, 9.17) is 0 Å². The standard InChI is InChI=1S/C14H21N3O2/c1-9-10(2)15-16-12(11(9)13(18)19)17-7-5-6-14(3,4)8-17/h5-8H2,1-4H3,(H,18,19). The van der Waals surface area contributed by atoms with Crippen LogP contribution in [0.3, 0.4) is 0 Å². The van der Waals surface area contributed by atoms with Gasteiger partial charge in [-0.05, 0) is 37.7 Å². The molecule has 5 nitrogen and oxygen atoms in total. The molecule has 5 heteroatoms. The smallest absolute Gasteiger partial charge is 0.339 e. The van der Waals surface area contributed by atoms with Crippen molar-refractivity contribution in [3.05, 3.63) is 16.8 Å². The average Bonchev–Trinajstić information content (AvgIpc) is 2.30.